The summed E-state index contributed by atoms with van der Waals surface area (Å²) in [7, 11) is 0. The third-order valence-electron chi connectivity index (χ3n) is 3.48. The van der Waals surface area contributed by atoms with Crippen molar-refractivity contribution in [1.29, 1.82) is 0 Å². The monoisotopic (exact) mass is 372 g/mol. The molecule has 8 nitrogen and oxygen atoms in total. The molecule has 0 aliphatic rings. The number of esters is 1. The Labute approximate surface area is 156 Å². The van der Waals surface area contributed by atoms with Crippen LogP contribution in [-0.4, -0.2) is 23.1 Å². The quantitative estimate of drug-likeness (QED) is 0.453. The molecule has 0 spiro atoms. The SMILES string of the molecule is CC(C)OC(=O)[C@H](NC(=O)OCc1ccccc1)c1cccc([N+](=O)[O-])c1. The minimum atomic E-state index is -1.23. The Balaban J connectivity index is 2.14. The zero-order chi connectivity index (χ0) is 19.8. The van der Waals surface area contributed by atoms with Crippen molar-refractivity contribution >= 4 is 17.7 Å². The van der Waals surface area contributed by atoms with Gasteiger partial charge in [-0.1, -0.05) is 42.5 Å². The Morgan fingerprint density at radius 1 is 1.11 bits per heavy atom. The number of nitrogens with zero attached hydrogens (tertiary/aromatic N) is 1. The van der Waals surface area contributed by atoms with Crippen LogP contribution in [0.2, 0.25) is 0 Å². The molecule has 27 heavy (non-hydrogen) atoms. The highest BCUT2D eigenvalue weighted by atomic mass is 16.6. The number of alkyl carbamates (subject to hydrolysis) is 1. The molecule has 0 aliphatic carbocycles. The fourth-order valence-corrected chi connectivity index (χ4v) is 2.28. The average Bonchev–Trinajstić information content (AvgIpc) is 2.64. The number of nitro groups is 1. The molecule has 0 saturated heterocycles. The van der Waals surface area contributed by atoms with E-state index < -0.39 is 29.1 Å². The van der Waals surface area contributed by atoms with Gasteiger partial charge in [0.1, 0.15) is 6.61 Å². The van der Waals surface area contributed by atoms with Crippen molar-refractivity contribution in [3.8, 4) is 0 Å². The highest BCUT2D eigenvalue weighted by Crippen LogP contribution is 2.21. The molecule has 0 heterocycles. The van der Waals surface area contributed by atoms with Gasteiger partial charge in [0.25, 0.3) is 5.69 Å². The van der Waals surface area contributed by atoms with E-state index in [4.69, 9.17) is 9.47 Å². The van der Waals surface area contributed by atoms with Crippen LogP contribution in [0.25, 0.3) is 0 Å². The molecule has 0 fully saturated rings. The smallest absolute Gasteiger partial charge is 0.408 e. The molecule has 142 valence electrons. The first-order valence-electron chi connectivity index (χ1n) is 8.29. The predicted molar refractivity (Wildman–Crippen MR) is 96.8 cm³/mol. The van der Waals surface area contributed by atoms with Crippen LogP contribution in [0.3, 0.4) is 0 Å². The predicted octanol–water partition coefficient (Wildman–Crippen LogP) is 3.51. The third-order valence-corrected chi connectivity index (χ3v) is 3.48. The number of ether oxygens (including phenoxy) is 2. The van der Waals surface area contributed by atoms with Gasteiger partial charge in [0.05, 0.1) is 11.0 Å². The first-order valence-corrected chi connectivity index (χ1v) is 8.29. The highest BCUT2D eigenvalue weighted by molar-refractivity contribution is 5.83. The lowest BCUT2D eigenvalue weighted by molar-refractivity contribution is -0.384. The Bertz CT molecular complexity index is 807. The van der Waals surface area contributed by atoms with Crippen molar-refractivity contribution < 1.29 is 24.0 Å². The molecule has 1 N–H and O–H groups in total. The number of benzene rings is 2. The number of carbonyl (C=O) groups is 2. The summed E-state index contributed by atoms with van der Waals surface area (Å²) in [6.45, 7) is 3.35. The molecule has 2 aromatic carbocycles. The Kier molecular flexibility index (Phi) is 6.87. The van der Waals surface area contributed by atoms with Crippen LogP contribution < -0.4 is 5.32 Å². The summed E-state index contributed by atoms with van der Waals surface area (Å²) in [4.78, 5) is 34.9. The van der Waals surface area contributed by atoms with E-state index in [9.17, 15) is 19.7 Å². The molecule has 2 rings (SSSR count). The van der Waals surface area contributed by atoms with Crippen LogP contribution in [0.15, 0.2) is 54.6 Å². The Morgan fingerprint density at radius 3 is 2.44 bits per heavy atom. The molecular weight excluding hydrogens is 352 g/mol. The molecule has 1 amide bonds. The van der Waals surface area contributed by atoms with Crippen molar-refractivity contribution in [3.05, 3.63) is 75.8 Å². The van der Waals surface area contributed by atoms with Crippen molar-refractivity contribution in [1.82, 2.24) is 5.32 Å². The summed E-state index contributed by atoms with van der Waals surface area (Å²) in [5.74, 6) is -0.734. The Morgan fingerprint density at radius 2 is 1.81 bits per heavy atom. The van der Waals surface area contributed by atoms with Crippen LogP contribution in [0.4, 0.5) is 10.5 Å². The molecule has 0 bridgehead atoms. The van der Waals surface area contributed by atoms with E-state index in [0.717, 1.165) is 5.56 Å². The summed E-state index contributed by atoms with van der Waals surface area (Å²) in [5.41, 5.74) is 0.810. The van der Waals surface area contributed by atoms with Crippen molar-refractivity contribution in [3.63, 3.8) is 0 Å². The summed E-state index contributed by atoms with van der Waals surface area (Å²) >= 11 is 0. The first-order chi connectivity index (χ1) is 12.9. The molecule has 0 aromatic heterocycles. The van der Waals surface area contributed by atoms with Gasteiger partial charge in [0.15, 0.2) is 6.04 Å². The minimum Gasteiger partial charge on any atom is -0.461 e. The van der Waals surface area contributed by atoms with E-state index in [1.54, 1.807) is 26.0 Å². The van der Waals surface area contributed by atoms with Gasteiger partial charge in [-0.2, -0.15) is 0 Å². The van der Waals surface area contributed by atoms with Gasteiger partial charge in [-0.3, -0.25) is 10.1 Å². The number of hydrogen-bond donors (Lipinski definition) is 1. The van der Waals surface area contributed by atoms with Crippen molar-refractivity contribution in [2.24, 2.45) is 0 Å². The van der Waals surface area contributed by atoms with Crippen LogP contribution in [0.5, 0.6) is 0 Å². The van der Waals surface area contributed by atoms with Gasteiger partial charge in [-0.25, -0.2) is 9.59 Å². The number of nitro benzene ring substituents is 1. The molecule has 2 aromatic rings. The summed E-state index contributed by atoms with van der Waals surface area (Å²) in [6.07, 6.45) is -1.25. The van der Waals surface area contributed by atoms with Crippen LogP contribution in [0, 0.1) is 10.1 Å². The van der Waals surface area contributed by atoms with Crippen molar-refractivity contribution in [2.75, 3.05) is 0 Å². The maximum atomic E-state index is 12.4. The lowest BCUT2D eigenvalue weighted by atomic mass is 10.1. The number of carbonyl (C=O) groups excluding carboxylic acids is 2. The zero-order valence-electron chi connectivity index (χ0n) is 15.0. The average molecular weight is 372 g/mol. The highest BCUT2D eigenvalue weighted by Gasteiger charge is 2.27. The fraction of sp³-hybridized carbons (Fsp3) is 0.263. The maximum Gasteiger partial charge on any atom is 0.408 e. The van der Waals surface area contributed by atoms with E-state index in [1.165, 1.54) is 24.3 Å². The molecule has 0 aliphatic heterocycles. The molecule has 8 heteroatoms. The van der Waals surface area contributed by atoms with Crippen molar-refractivity contribution in [2.45, 2.75) is 32.6 Å². The van der Waals surface area contributed by atoms with E-state index in [-0.39, 0.29) is 17.9 Å². The van der Waals surface area contributed by atoms with Gasteiger partial charge in [0, 0.05) is 12.1 Å². The lowest BCUT2D eigenvalue weighted by Gasteiger charge is -2.19. The number of nitrogens with one attached hydrogen (secondary N) is 1. The molecule has 0 saturated carbocycles. The fourth-order valence-electron chi connectivity index (χ4n) is 2.28. The van der Waals surface area contributed by atoms with Gasteiger partial charge < -0.3 is 14.8 Å². The van der Waals surface area contributed by atoms with Gasteiger partial charge in [-0.05, 0) is 25.0 Å². The molecule has 0 unspecified atom stereocenters. The Hall–Kier alpha value is -3.42. The third kappa shape index (κ3) is 6.10. The maximum absolute atomic E-state index is 12.4. The largest absolute Gasteiger partial charge is 0.461 e. The van der Waals surface area contributed by atoms with Crippen LogP contribution >= 0.6 is 0 Å². The molecule has 0 radical (unpaired) electrons. The van der Waals surface area contributed by atoms with E-state index in [0.29, 0.717) is 0 Å². The second kappa shape index (κ2) is 9.33. The first kappa shape index (κ1) is 19.9. The number of hydrogen-bond acceptors (Lipinski definition) is 6. The standard InChI is InChI=1S/C19H20N2O6/c1-13(2)27-18(22)17(15-9-6-10-16(11-15)21(24)25)20-19(23)26-12-14-7-4-3-5-8-14/h3-11,13,17H,12H2,1-2H3,(H,20,23)/t17-/m1/s1. The van der Waals surface area contributed by atoms with Gasteiger partial charge in [-0.15, -0.1) is 0 Å². The van der Waals surface area contributed by atoms with E-state index in [1.807, 2.05) is 18.2 Å². The minimum absolute atomic E-state index is 0.0214. The number of non-ortho nitro benzene ring substituents is 1. The summed E-state index contributed by atoms with van der Waals surface area (Å²) in [5, 5.41) is 13.4. The lowest BCUT2D eigenvalue weighted by Crippen LogP contribution is -2.36. The second-order valence-corrected chi connectivity index (χ2v) is 5.98. The molecular formula is C19H20N2O6. The van der Waals surface area contributed by atoms with Crippen LogP contribution in [-0.2, 0) is 20.9 Å². The van der Waals surface area contributed by atoms with Gasteiger partial charge >= 0.3 is 12.1 Å². The van der Waals surface area contributed by atoms with E-state index in [2.05, 4.69) is 5.32 Å². The summed E-state index contributed by atoms with van der Waals surface area (Å²) in [6, 6.07) is 13.2. The second-order valence-electron chi connectivity index (χ2n) is 5.98. The van der Waals surface area contributed by atoms with E-state index >= 15 is 0 Å². The number of rotatable bonds is 7. The summed E-state index contributed by atoms with van der Waals surface area (Å²) < 4.78 is 10.3. The molecule has 1 atom stereocenters. The van der Waals surface area contributed by atoms with Crippen LogP contribution in [0.1, 0.15) is 31.0 Å². The number of amides is 1. The topological polar surface area (TPSA) is 108 Å². The van der Waals surface area contributed by atoms with Gasteiger partial charge in [0.2, 0.25) is 0 Å². The normalized spacial score (nSPS) is 11.5. The zero-order valence-corrected chi connectivity index (χ0v) is 15.0.